The Morgan fingerprint density at radius 2 is 1.88 bits per heavy atom. The first kappa shape index (κ1) is 22.3. The van der Waals surface area contributed by atoms with E-state index >= 15 is 0 Å². The lowest BCUT2D eigenvalue weighted by molar-refractivity contribution is -0.137. The summed E-state index contributed by atoms with van der Waals surface area (Å²) >= 11 is 0. The molecule has 1 N–H and O–H groups in total. The first-order valence-electron chi connectivity index (χ1n) is 10.4. The van der Waals surface area contributed by atoms with Gasteiger partial charge < -0.3 is 19.3 Å². The topological polar surface area (TPSA) is 91.1 Å². The van der Waals surface area contributed by atoms with Crippen molar-refractivity contribution >= 4 is 23.5 Å². The number of hydrogen-bond donors (Lipinski definition) is 1. The van der Waals surface area contributed by atoms with Gasteiger partial charge in [0.1, 0.15) is 18.1 Å². The molecule has 3 aromatic rings. The maximum Gasteiger partial charge on any atom is 0.323 e. The first-order valence-corrected chi connectivity index (χ1v) is 10.4. The van der Waals surface area contributed by atoms with E-state index in [0.717, 1.165) is 10.5 Å². The molecule has 1 aliphatic rings. The van der Waals surface area contributed by atoms with Crippen LogP contribution < -0.4 is 4.90 Å². The predicted molar refractivity (Wildman–Crippen MR) is 118 cm³/mol. The smallest absolute Gasteiger partial charge is 0.323 e. The van der Waals surface area contributed by atoms with Crippen molar-refractivity contribution in [1.82, 2.24) is 4.90 Å². The van der Waals surface area contributed by atoms with Gasteiger partial charge in [0.05, 0.1) is 24.8 Å². The molecule has 33 heavy (non-hydrogen) atoms. The molecule has 2 heterocycles. The van der Waals surface area contributed by atoms with Crippen LogP contribution in [0.25, 0.3) is 0 Å². The second-order valence-electron chi connectivity index (χ2n) is 8.47. The molecule has 170 valence electrons. The molecule has 0 unspecified atom stereocenters. The molecule has 0 atom stereocenters. The predicted octanol–water partition coefficient (Wildman–Crippen LogP) is 3.97. The van der Waals surface area contributed by atoms with Crippen LogP contribution in [0.4, 0.5) is 10.1 Å². The number of furan rings is 1. The highest BCUT2D eigenvalue weighted by Gasteiger charge is 2.44. The van der Waals surface area contributed by atoms with Gasteiger partial charge in [-0.3, -0.25) is 14.4 Å². The summed E-state index contributed by atoms with van der Waals surface area (Å²) in [6.45, 7) is 3.05. The molecule has 1 aromatic heterocycles. The fraction of sp³-hybridized carbons (Fsp3) is 0.240. The van der Waals surface area contributed by atoms with E-state index < -0.39 is 29.7 Å². The fourth-order valence-electron chi connectivity index (χ4n) is 4.07. The molecule has 0 aliphatic carbocycles. The van der Waals surface area contributed by atoms with Gasteiger partial charge in [-0.15, -0.1) is 0 Å². The maximum atomic E-state index is 14.3. The van der Waals surface area contributed by atoms with Crippen LogP contribution in [-0.4, -0.2) is 34.3 Å². The van der Waals surface area contributed by atoms with Crippen molar-refractivity contribution in [2.45, 2.75) is 32.4 Å². The number of carbonyl (C=O) groups is 3. The molecule has 0 spiro atoms. The number of halogens is 1. The molecule has 0 saturated heterocycles. The fourth-order valence-corrected chi connectivity index (χ4v) is 4.07. The Kier molecular flexibility index (Phi) is 5.76. The summed E-state index contributed by atoms with van der Waals surface area (Å²) in [6, 6.07) is 14.4. The SMILES string of the molecule is CC1(C)C(=O)N(Cc2ccccc2F)c2cc(C(=O)N(CC(=O)O)Cc3ccco3)ccc21. The highest BCUT2D eigenvalue weighted by atomic mass is 19.1. The van der Waals surface area contributed by atoms with Crippen LogP contribution in [0.3, 0.4) is 0 Å². The third-order valence-electron chi connectivity index (χ3n) is 5.82. The molecular weight excluding hydrogens is 427 g/mol. The van der Waals surface area contributed by atoms with Crippen LogP contribution in [0, 0.1) is 5.82 Å². The Hall–Kier alpha value is -3.94. The zero-order valence-electron chi connectivity index (χ0n) is 18.2. The number of carboxylic acid groups (broad SMARTS) is 1. The number of carbonyl (C=O) groups excluding carboxylic acids is 2. The zero-order valence-corrected chi connectivity index (χ0v) is 18.2. The van der Waals surface area contributed by atoms with E-state index in [9.17, 15) is 23.9 Å². The number of aliphatic carboxylic acids is 1. The molecule has 2 aromatic carbocycles. The number of rotatable bonds is 7. The molecule has 4 rings (SSSR count). The van der Waals surface area contributed by atoms with Crippen LogP contribution in [0.1, 0.15) is 41.1 Å². The van der Waals surface area contributed by atoms with Gasteiger partial charge in [-0.05, 0) is 49.7 Å². The van der Waals surface area contributed by atoms with Crippen LogP contribution in [0.15, 0.2) is 65.3 Å². The second kappa shape index (κ2) is 8.54. The van der Waals surface area contributed by atoms with E-state index in [1.165, 1.54) is 17.2 Å². The van der Waals surface area contributed by atoms with Crippen LogP contribution in [-0.2, 0) is 28.1 Å². The zero-order chi connectivity index (χ0) is 23.8. The van der Waals surface area contributed by atoms with E-state index in [1.54, 1.807) is 62.4 Å². The Bertz CT molecular complexity index is 1220. The van der Waals surface area contributed by atoms with E-state index in [1.807, 2.05) is 0 Å². The number of benzene rings is 2. The van der Waals surface area contributed by atoms with E-state index in [2.05, 4.69) is 0 Å². The summed E-state index contributed by atoms with van der Waals surface area (Å²) in [5.41, 5.74) is 0.961. The van der Waals surface area contributed by atoms with Crippen LogP contribution in [0.2, 0.25) is 0 Å². The minimum absolute atomic E-state index is 0.0153. The normalized spacial score (nSPS) is 14.3. The van der Waals surface area contributed by atoms with Gasteiger partial charge in [0, 0.05) is 16.8 Å². The molecule has 0 fully saturated rings. The van der Waals surface area contributed by atoms with Crippen LogP contribution in [0.5, 0.6) is 0 Å². The van der Waals surface area contributed by atoms with Crippen molar-refractivity contribution in [2.75, 3.05) is 11.4 Å². The van der Waals surface area contributed by atoms with E-state index in [0.29, 0.717) is 17.0 Å². The number of hydrogen-bond acceptors (Lipinski definition) is 4. The van der Waals surface area contributed by atoms with Crippen molar-refractivity contribution in [1.29, 1.82) is 0 Å². The molecule has 7 nitrogen and oxygen atoms in total. The van der Waals surface area contributed by atoms with Gasteiger partial charge in [-0.25, -0.2) is 4.39 Å². The Morgan fingerprint density at radius 1 is 1.12 bits per heavy atom. The highest BCUT2D eigenvalue weighted by molar-refractivity contribution is 6.09. The molecule has 0 bridgehead atoms. The summed E-state index contributed by atoms with van der Waals surface area (Å²) in [5.74, 6) is -1.85. The highest BCUT2D eigenvalue weighted by Crippen LogP contribution is 2.43. The number of anilines is 1. The lowest BCUT2D eigenvalue weighted by Gasteiger charge is -2.22. The summed E-state index contributed by atoms with van der Waals surface area (Å²) in [6.07, 6.45) is 1.45. The number of nitrogens with zero attached hydrogens (tertiary/aromatic N) is 2. The van der Waals surface area contributed by atoms with Gasteiger partial charge in [0.2, 0.25) is 5.91 Å². The van der Waals surface area contributed by atoms with Gasteiger partial charge in [-0.1, -0.05) is 24.3 Å². The van der Waals surface area contributed by atoms with Crippen molar-refractivity contribution in [3.05, 3.63) is 89.1 Å². The van der Waals surface area contributed by atoms with Crippen LogP contribution >= 0.6 is 0 Å². The van der Waals surface area contributed by atoms with E-state index in [-0.39, 0.29) is 24.6 Å². The summed E-state index contributed by atoms with van der Waals surface area (Å²) in [4.78, 5) is 40.4. The lowest BCUT2D eigenvalue weighted by atomic mass is 9.86. The largest absolute Gasteiger partial charge is 0.480 e. The first-order chi connectivity index (χ1) is 15.7. The van der Waals surface area contributed by atoms with Gasteiger partial charge in [-0.2, -0.15) is 0 Å². The number of amides is 2. The average Bonchev–Trinajstić information content (AvgIpc) is 3.35. The summed E-state index contributed by atoms with van der Waals surface area (Å²) < 4.78 is 19.6. The Labute approximate surface area is 190 Å². The molecular formula is C25H23FN2O5. The third-order valence-corrected chi connectivity index (χ3v) is 5.82. The van der Waals surface area contributed by atoms with Crippen molar-refractivity contribution in [3.63, 3.8) is 0 Å². The Balaban J connectivity index is 1.70. The third kappa shape index (κ3) is 4.24. The Morgan fingerprint density at radius 3 is 2.55 bits per heavy atom. The van der Waals surface area contributed by atoms with E-state index in [4.69, 9.17) is 4.42 Å². The monoisotopic (exact) mass is 450 g/mol. The maximum absolute atomic E-state index is 14.3. The second-order valence-corrected chi connectivity index (χ2v) is 8.47. The quantitative estimate of drug-likeness (QED) is 0.588. The lowest BCUT2D eigenvalue weighted by Crippen LogP contribution is -2.36. The minimum Gasteiger partial charge on any atom is -0.480 e. The molecule has 0 radical (unpaired) electrons. The standard InChI is InChI=1S/C25H23FN2O5/c1-25(2)19-10-9-16(23(31)27(15-22(29)30)14-18-7-5-11-33-18)12-21(19)28(24(25)32)13-17-6-3-4-8-20(17)26/h3-12H,13-15H2,1-2H3,(H,29,30). The van der Waals surface area contributed by atoms with Crippen molar-refractivity contribution < 1.29 is 28.3 Å². The van der Waals surface area contributed by atoms with Crippen molar-refractivity contribution in [3.8, 4) is 0 Å². The number of carboxylic acids is 1. The average molecular weight is 450 g/mol. The molecule has 8 heteroatoms. The van der Waals surface area contributed by atoms with Crippen molar-refractivity contribution in [2.24, 2.45) is 0 Å². The summed E-state index contributed by atoms with van der Waals surface area (Å²) in [5, 5.41) is 9.29. The van der Waals surface area contributed by atoms with Gasteiger partial charge in [0.25, 0.3) is 5.91 Å². The molecule has 0 saturated carbocycles. The van der Waals surface area contributed by atoms with Gasteiger partial charge >= 0.3 is 5.97 Å². The minimum atomic E-state index is -1.16. The number of fused-ring (bicyclic) bond motifs is 1. The summed E-state index contributed by atoms with van der Waals surface area (Å²) in [7, 11) is 0. The van der Waals surface area contributed by atoms with Gasteiger partial charge in [0.15, 0.2) is 0 Å². The molecule has 1 aliphatic heterocycles. The molecule has 2 amide bonds.